The Hall–Kier alpha value is -3.33. The van der Waals surface area contributed by atoms with Gasteiger partial charge in [-0.15, -0.1) is 10.2 Å². The minimum absolute atomic E-state index is 0.0153. The van der Waals surface area contributed by atoms with E-state index in [-0.39, 0.29) is 18.3 Å². The van der Waals surface area contributed by atoms with Crippen LogP contribution in [0.25, 0.3) is 0 Å². The number of dihydropyridines is 1. The SMILES string of the molecule is FC1=CC([C@H]2CCCN2c2ccc(N/C=C/CC3=CCC(N4CCCC4)N=C3)nn2)=CCC1.NC=O. The first-order chi connectivity index (χ1) is 17.7. The maximum atomic E-state index is 13.8. The second-order valence-corrected chi connectivity index (χ2v) is 9.37. The predicted molar refractivity (Wildman–Crippen MR) is 142 cm³/mol. The zero-order chi connectivity index (χ0) is 25.2. The van der Waals surface area contributed by atoms with Crippen molar-refractivity contribution in [3.8, 4) is 0 Å². The molecule has 2 saturated heterocycles. The second-order valence-electron chi connectivity index (χ2n) is 9.37. The number of carbonyl (C=O) groups is 1. The van der Waals surface area contributed by atoms with Crippen LogP contribution >= 0.6 is 0 Å². The van der Waals surface area contributed by atoms with Gasteiger partial charge in [0.2, 0.25) is 6.41 Å². The molecule has 0 saturated carbocycles. The number of aliphatic imine (C=N–C) groups is 1. The standard InChI is InChI=1S/C26H33FN6.CH3NO/c27-22-8-3-7-21(18-22)23-9-5-17-33(23)26-13-11-24(30-31-26)28-14-4-6-20-10-12-25(29-19-20)32-15-1-2-16-32;2-1-3/h4,7,10-11,13-14,18-19,23,25H,1-3,5-6,8-9,12,15-17H2,(H,28,30);1H,(H2,2,3)/b14-4+;/t23-,25?;/m1./s1. The first kappa shape index (κ1) is 25.8. The Morgan fingerprint density at radius 1 is 1.14 bits per heavy atom. The van der Waals surface area contributed by atoms with Crippen LogP contribution in [0.1, 0.15) is 51.4 Å². The fraction of sp³-hybridized carbons (Fsp3) is 0.481. The summed E-state index contributed by atoms with van der Waals surface area (Å²) >= 11 is 0. The number of aromatic nitrogens is 2. The van der Waals surface area contributed by atoms with Crippen LogP contribution in [0.4, 0.5) is 16.0 Å². The molecule has 192 valence electrons. The molecule has 1 aliphatic carbocycles. The van der Waals surface area contributed by atoms with E-state index in [2.05, 4.69) is 49.3 Å². The maximum absolute atomic E-state index is 13.8. The van der Waals surface area contributed by atoms with Gasteiger partial charge in [0.1, 0.15) is 12.0 Å². The molecule has 1 unspecified atom stereocenters. The van der Waals surface area contributed by atoms with Crippen molar-refractivity contribution in [1.82, 2.24) is 15.1 Å². The molecule has 2 atom stereocenters. The Bertz CT molecular complexity index is 1030. The van der Waals surface area contributed by atoms with Gasteiger partial charge >= 0.3 is 0 Å². The van der Waals surface area contributed by atoms with Gasteiger partial charge in [0.05, 0.1) is 6.04 Å². The molecule has 36 heavy (non-hydrogen) atoms. The summed E-state index contributed by atoms with van der Waals surface area (Å²) in [7, 11) is 0. The molecule has 0 spiro atoms. The molecule has 3 aliphatic heterocycles. The average Bonchev–Trinajstić information content (AvgIpc) is 3.61. The van der Waals surface area contributed by atoms with Gasteiger partial charge in [-0.05, 0) is 74.1 Å². The third-order valence-corrected chi connectivity index (χ3v) is 6.94. The van der Waals surface area contributed by atoms with Gasteiger partial charge in [-0.2, -0.15) is 0 Å². The molecule has 4 aliphatic rings. The van der Waals surface area contributed by atoms with Gasteiger partial charge in [-0.3, -0.25) is 14.7 Å². The van der Waals surface area contributed by atoms with Crippen LogP contribution in [0.15, 0.2) is 64.6 Å². The number of primary amides is 1. The summed E-state index contributed by atoms with van der Waals surface area (Å²) in [6.07, 6.45) is 20.7. The molecule has 1 aromatic heterocycles. The number of nitrogens with two attached hydrogens (primary N) is 1. The Morgan fingerprint density at radius 2 is 1.97 bits per heavy atom. The maximum Gasteiger partial charge on any atom is 0.204 e. The van der Waals surface area contributed by atoms with E-state index >= 15 is 0 Å². The van der Waals surface area contributed by atoms with E-state index in [0.717, 1.165) is 50.0 Å². The molecule has 1 amide bonds. The number of hydrogen-bond acceptors (Lipinski definition) is 7. The number of allylic oxidation sites excluding steroid dienone is 4. The number of amides is 1. The van der Waals surface area contributed by atoms with Crippen molar-refractivity contribution in [1.29, 1.82) is 0 Å². The topological polar surface area (TPSA) is 99.7 Å². The van der Waals surface area contributed by atoms with E-state index in [9.17, 15) is 4.39 Å². The van der Waals surface area contributed by atoms with Crippen LogP contribution < -0.4 is 16.0 Å². The van der Waals surface area contributed by atoms with E-state index in [0.29, 0.717) is 18.4 Å². The lowest BCUT2D eigenvalue weighted by molar-refractivity contribution is -0.106. The summed E-state index contributed by atoms with van der Waals surface area (Å²) < 4.78 is 13.8. The van der Waals surface area contributed by atoms with Gasteiger partial charge in [0, 0.05) is 38.7 Å². The Labute approximate surface area is 212 Å². The minimum atomic E-state index is -0.0153. The zero-order valence-corrected chi connectivity index (χ0v) is 20.7. The van der Waals surface area contributed by atoms with Crippen LogP contribution in [0.3, 0.4) is 0 Å². The van der Waals surface area contributed by atoms with E-state index in [1.54, 1.807) is 6.08 Å². The molecular formula is C27H36FN7O. The number of nitrogens with zero attached hydrogens (tertiary/aromatic N) is 5. The smallest absolute Gasteiger partial charge is 0.204 e. The van der Waals surface area contributed by atoms with E-state index in [4.69, 9.17) is 9.79 Å². The molecule has 4 heterocycles. The van der Waals surface area contributed by atoms with Crippen molar-refractivity contribution in [3.05, 3.63) is 59.6 Å². The summed E-state index contributed by atoms with van der Waals surface area (Å²) in [6.45, 7) is 3.29. The number of hydrogen-bond donors (Lipinski definition) is 2. The Morgan fingerprint density at radius 3 is 2.67 bits per heavy atom. The van der Waals surface area contributed by atoms with Crippen LogP contribution in [0, 0.1) is 0 Å². The number of carbonyl (C=O) groups excluding carboxylic acids is 1. The molecule has 2 fully saturated rings. The van der Waals surface area contributed by atoms with Crippen molar-refractivity contribution in [2.24, 2.45) is 10.7 Å². The zero-order valence-electron chi connectivity index (χ0n) is 20.7. The summed E-state index contributed by atoms with van der Waals surface area (Å²) in [5.74, 6) is 1.55. The van der Waals surface area contributed by atoms with Crippen LogP contribution in [0.2, 0.25) is 0 Å². The van der Waals surface area contributed by atoms with E-state index in [1.165, 1.54) is 31.5 Å². The van der Waals surface area contributed by atoms with Gasteiger partial charge in [0.25, 0.3) is 0 Å². The highest BCUT2D eigenvalue weighted by Gasteiger charge is 2.29. The van der Waals surface area contributed by atoms with Crippen molar-refractivity contribution < 1.29 is 9.18 Å². The van der Waals surface area contributed by atoms with Crippen LogP contribution in [-0.2, 0) is 4.79 Å². The molecule has 0 bridgehead atoms. The number of halogens is 1. The summed E-state index contributed by atoms with van der Waals surface area (Å²) in [5, 5.41) is 12.0. The lowest BCUT2D eigenvalue weighted by atomic mass is 9.98. The Kier molecular flexibility index (Phi) is 9.38. The van der Waals surface area contributed by atoms with Gasteiger partial charge in [-0.25, -0.2) is 4.39 Å². The van der Waals surface area contributed by atoms with E-state index in [1.807, 2.05) is 24.5 Å². The molecule has 0 radical (unpaired) electrons. The largest absolute Gasteiger partial charge is 0.372 e. The first-order valence-electron chi connectivity index (χ1n) is 12.9. The normalized spacial score (nSPS) is 24.1. The quantitative estimate of drug-likeness (QED) is 0.551. The van der Waals surface area contributed by atoms with Crippen LogP contribution in [0.5, 0.6) is 0 Å². The van der Waals surface area contributed by atoms with Gasteiger partial charge in [0.15, 0.2) is 11.6 Å². The van der Waals surface area contributed by atoms with E-state index < -0.39 is 0 Å². The highest BCUT2D eigenvalue weighted by atomic mass is 19.1. The number of nitrogens with one attached hydrogen (secondary N) is 1. The number of rotatable bonds is 7. The lowest BCUT2D eigenvalue weighted by Crippen LogP contribution is -2.32. The molecule has 5 rings (SSSR count). The number of anilines is 2. The third-order valence-electron chi connectivity index (χ3n) is 6.94. The number of likely N-dealkylation sites (tertiary alicyclic amines) is 1. The summed E-state index contributed by atoms with van der Waals surface area (Å²) in [5.41, 5.74) is 6.50. The summed E-state index contributed by atoms with van der Waals surface area (Å²) in [6, 6.07) is 4.15. The van der Waals surface area contributed by atoms with Crippen molar-refractivity contribution in [2.45, 2.75) is 63.6 Å². The lowest BCUT2D eigenvalue weighted by Gasteiger charge is -2.27. The van der Waals surface area contributed by atoms with Gasteiger partial charge in [-0.1, -0.05) is 18.2 Å². The molecular weight excluding hydrogens is 457 g/mol. The van der Waals surface area contributed by atoms with Crippen molar-refractivity contribution in [2.75, 3.05) is 29.9 Å². The molecule has 9 heteroatoms. The van der Waals surface area contributed by atoms with Crippen molar-refractivity contribution >= 4 is 24.3 Å². The minimum Gasteiger partial charge on any atom is -0.372 e. The fourth-order valence-electron chi connectivity index (χ4n) is 5.17. The highest BCUT2D eigenvalue weighted by molar-refractivity contribution is 5.79. The molecule has 0 aromatic carbocycles. The second kappa shape index (κ2) is 13.1. The highest BCUT2D eigenvalue weighted by Crippen LogP contribution is 2.32. The molecule has 8 nitrogen and oxygen atoms in total. The first-order valence-corrected chi connectivity index (χ1v) is 12.9. The van der Waals surface area contributed by atoms with Gasteiger partial charge < -0.3 is 16.0 Å². The third kappa shape index (κ3) is 6.87. The van der Waals surface area contributed by atoms with Crippen LogP contribution in [-0.4, -0.2) is 59.6 Å². The van der Waals surface area contributed by atoms with Crippen molar-refractivity contribution in [3.63, 3.8) is 0 Å². The molecule has 3 N–H and O–H groups in total. The average molecular weight is 494 g/mol. The Balaban J connectivity index is 0.000000967. The summed E-state index contributed by atoms with van der Waals surface area (Å²) in [4.78, 5) is 18.1. The monoisotopic (exact) mass is 493 g/mol. The predicted octanol–water partition coefficient (Wildman–Crippen LogP) is 4.26. The molecule has 1 aromatic rings. The fourth-order valence-corrected chi connectivity index (χ4v) is 5.17.